The van der Waals surface area contributed by atoms with Crippen molar-refractivity contribution >= 4 is 17.5 Å². The van der Waals surface area contributed by atoms with Gasteiger partial charge in [0.05, 0.1) is 6.04 Å². The second-order valence-electron chi connectivity index (χ2n) is 12.7. The van der Waals surface area contributed by atoms with Crippen LogP contribution >= 0.6 is 0 Å². The Hall–Kier alpha value is -4.61. The number of likely N-dealkylation sites (tertiary alicyclic amines) is 1. The van der Waals surface area contributed by atoms with Gasteiger partial charge in [-0.05, 0) is 78.8 Å². The second-order valence-corrected chi connectivity index (χ2v) is 12.7. The summed E-state index contributed by atoms with van der Waals surface area (Å²) in [5, 5.41) is 34.5. The Kier molecular flexibility index (Phi) is 12.5. The van der Waals surface area contributed by atoms with Gasteiger partial charge in [0.25, 0.3) is 11.8 Å². The number of hydrogen-bond acceptors (Lipinski definition) is 7. The minimum absolute atomic E-state index is 0.0802. The maximum Gasteiger partial charge on any atom is 0.251 e. The monoisotopic (exact) mass is 667 g/mol. The number of aliphatic hydroxyl groups excluding tert-OH is 2. The first kappa shape index (κ1) is 35.7. The van der Waals surface area contributed by atoms with Crippen LogP contribution in [0.3, 0.4) is 0 Å². The van der Waals surface area contributed by atoms with Gasteiger partial charge in [0.15, 0.2) is 6.10 Å². The van der Waals surface area contributed by atoms with E-state index in [-0.39, 0.29) is 29.9 Å². The summed E-state index contributed by atoms with van der Waals surface area (Å²) in [4.78, 5) is 29.5. The predicted octanol–water partition coefficient (Wildman–Crippen LogP) is 4.69. The van der Waals surface area contributed by atoms with Crippen molar-refractivity contribution in [2.45, 2.75) is 63.2 Å². The fourth-order valence-electron chi connectivity index (χ4n) is 6.17. The zero-order valence-corrected chi connectivity index (χ0v) is 28.0. The molecular weight excluding hydrogens is 621 g/mol. The number of piperidine rings is 1. The Balaban J connectivity index is 1.25. The summed E-state index contributed by atoms with van der Waals surface area (Å²) < 4.78 is 13.4. The average molecular weight is 668 g/mol. The van der Waals surface area contributed by atoms with Gasteiger partial charge in [0, 0.05) is 50.0 Å². The molecule has 1 aliphatic heterocycles. The van der Waals surface area contributed by atoms with E-state index < -0.39 is 30.2 Å². The standard InChI is InChI=1S/C39H46FN5O4/c1-26(29-13-15-32(40)16-14-29)42-37(47)30-22-31(24-34(23-30)41-2)38(48)44-35(21-27-9-5-3-6-10-27)36(46)39(49)43-33-17-19-45(20-18-33)25-28-11-7-4-8-12-28/h3-16,22-24,26,33,35-37,41-42,46-47H,17-21,25H2,1-2H3,(H,43,49)(H,44,48)/t26-,35+,36?,37?/m1/s1. The molecule has 6 N–H and O–H groups in total. The van der Waals surface area contributed by atoms with Gasteiger partial charge in [-0.1, -0.05) is 72.8 Å². The first-order valence-corrected chi connectivity index (χ1v) is 16.8. The van der Waals surface area contributed by atoms with Gasteiger partial charge in [-0.2, -0.15) is 0 Å². The Labute approximate surface area is 287 Å². The number of nitrogens with zero attached hydrogens (tertiary/aromatic N) is 1. The highest BCUT2D eigenvalue weighted by molar-refractivity contribution is 5.96. The number of rotatable bonds is 14. The summed E-state index contributed by atoms with van der Waals surface area (Å²) in [7, 11) is 1.71. The normalized spacial score (nSPS) is 16.3. The van der Waals surface area contributed by atoms with E-state index in [1.807, 2.05) is 55.5 Å². The zero-order valence-electron chi connectivity index (χ0n) is 28.0. The molecule has 0 aromatic heterocycles. The van der Waals surface area contributed by atoms with Crippen molar-refractivity contribution in [1.29, 1.82) is 0 Å². The van der Waals surface area contributed by atoms with E-state index >= 15 is 0 Å². The van der Waals surface area contributed by atoms with E-state index in [2.05, 4.69) is 38.3 Å². The van der Waals surface area contributed by atoms with E-state index in [0.29, 0.717) is 11.3 Å². The van der Waals surface area contributed by atoms with E-state index in [0.717, 1.165) is 43.6 Å². The third kappa shape index (κ3) is 10.2. The summed E-state index contributed by atoms with van der Waals surface area (Å²) in [6.45, 7) is 4.36. The number of amides is 2. The predicted molar refractivity (Wildman–Crippen MR) is 189 cm³/mol. The highest BCUT2D eigenvalue weighted by atomic mass is 19.1. The lowest BCUT2D eigenvalue weighted by molar-refractivity contribution is -0.131. The third-order valence-corrected chi connectivity index (χ3v) is 9.05. The fraction of sp³-hybridized carbons (Fsp3) is 0.333. The lowest BCUT2D eigenvalue weighted by Gasteiger charge is -2.33. The van der Waals surface area contributed by atoms with Crippen LogP contribution in [0, 0.1) is 5.82 Å². The SMILES string of the molecule is CNc1cc(C(=O)N[C@@H](Cc2ccccc2)C(O)C(=O)NC2CCN(Cc3ccccc3)CC2)cc(C(O)N[C@H](C)c2ccc(F)cc2)c1. The third-order valence-electron chi connectivity index (χ3n) is 9.05. The number of anilines is 1. The Morgan fingerprint density at radius 2 is 1.49 bits per heavy atom. The van der Waals surface area contributed by atoms with Gasteiger partial charge in [-0.3, -0.25) is 19.8 Å². The molecule has 1 heterocycles. The number of benzene rings is 4. The smallest absolute Gasteiger partial charge is 0.251 e. The molecule has 4 aromatic carbocycles. The number of aliphatic hydroxyl groups is 2. The molecule has 10 heteroatoms. The molecule has 0 aliphatic carbocycles. The molecule has 2 amide bonds. The molecule has 0 radical (unpaired) electrons. The summed E-state index contributed by atoms with van der Waals surface area (Å²) >= 11 is 0. The number of nitrogens with one attached hydrogen (secondary N) is 4. The maximum absolute atomic E-state index is 13.7. The number of halogens is 1. The van der Waals surface area contributed by atoms with Gasteiger partial charge < -0.3 is 26.2 Å². The fourth-order valence-corrected chi connectivity index (χ4v) is 6.17. The molecule has 5 rings (SSSR count). The van der Waals surface area contributed by atoms with Gasteiger partial charge in [-0.15, -0.1) is 0 Å². The molecule has 1 saturated heterocycles. The molecule has 4 atom stereocenters. The van der Waals surface area contributed by atoms with Crippen molar-refractivity contribution in [1.82, 2.24) is 20.9 Å². The zero-order chi connectivity index (χ0) is 34.8. The molecule has 0 saturated carbocycles. The van der Waals surface area contributed by atoms with Crippen LogP contribution < -0.4 is 21.3 Å². The molecule has 2 unspecified atom stereocenters. The lowest BCUT2D eigenvalue weighted by Crippen LogP contribution is -2.54. The Bertz CT molecular complexity index is 1650. The minimum Gasteiger partial charge on any atom is -0.388 e. The van der Waals surface area contributed by atoms with E-state index in [1.165, 1.54) is 17.7 Å². The molecule has 0 spiro atoms. The molecular formula is C39H46FN5O4. The first-order valence-electron chi connectivity index (χ1n) is 16.8. The van der Waals surface area contributed by atoms with Crippen LogP contribution in [0.4, 0.5) is 10.1 Å². The van der Waals surface area contributed by atoms with E-state index in [9.17, 15) is 24.2 Å². The molecule has 1 fully saturated rings. The first-order chi connectivity index (χ1) is 23.7. The maximum atomic E-state index is 13.7. The van der Waals surface area contributed by atoms with E-state index in [1.54, 1.807) is 37.4 Å². The highest BCUT2D eigenvalue weighted by Crippen LogP contribution is 2.23. The van der Waals surface area contributed by atoms with Gasteiger partial charge in [0.1, 0.15) is 12.0 Å². The van der Waals surface area contributed by atoms with Crippen molar-refractivity contribution in [2.24, 2.45) is 0 Å². The summed E-state index contributed by atoms with van der Waals surface area (Å²) in [5.41, 5.74) is 4.16. The molecule has 9 nitrogen and oxygen atoms in total. The van der Waals surface area contributed by atoms with Gasteiger partial charge in [0.2, 0.25) is 0 Å². The quantitative estimate of drug-likeness (QED) is 0.108. The number of hydrogen-bond donors (Lipinski definition) is 6. The van der Waals surface area contributed by atoms with Crippen LogP contribution in [0.2, 0.25) is 0 Å². The summed E-state index contributed by atoms with van der Waals surface area (Å²) in [6, 6.07) is 29.3. The van der Waals surface area contributed by atoms with Gasteiger partial charge in [-0.25, -0.2) is 4.39 Å². The van der Waals surface area contributed by atoms with Crippen molar-refractivity contribution in [3.05, 3.63) is 137 Å². The Morgan fingerprint density at radius 1 is 0.857 bits per heavy atom. The van der Waals surface area contributed by atoms with Crippen LogP contribution in [0.15, 0.2) is 103 Å². The molecule has 1 aliphatic rings. The second kappa shape index (κ2) is 17.2. The van der Waals surface area contributed by atoms with Crippen LogP contribution in [-0.4, -0.2) is 65.3 Å². The minimum atomic E-state index is -1.50. The van der Waals surface area contributed by atoms with Crippen molar-refractivity contribution < 1.29 is 24.2 Å². The highest BCUT2D eigenvalue weighted by Gasteiger charge is 2.31. The van der Waals surface area contributed by atoms with Crippen LogP contribution in [0.5, 0.6) is 0 Å². The van der Waals surface area contributed by atoms with Crippen LogP contribution in [0.1, 0.15) is 64.6 Å². The molecule has 4 aromatic rings. The van der Waals surface area contributed by atoms with Crippen LogP contribution in [0.25, 0.3) is 0 Å². The lowest BCUT2D eigenvalue weighted by atomic mass is 9.98. The largest absolute Gasteiger partial charge is 0.388 e. The number of carbonyl (C=O) groups excluding carboxylic acids is 2. The van der Waals surface area contributed by atoms with Crippen molar-refractivity contribution in [3.63, 3.8) is 0 Å². The van der Waals surface area contributed by atoms with Crippen molar-refractivity contribution in [3.8, 4) is 0 Å². The van der Waals surface area contributed by atoms with E-state index in [4.69, 9.17) is 0 Å². The molecule has 258 valence electrons. The van der Waals surface area contributed by atoms with Crippen LogP contribution in [-0.2, 0) is 17.8 Å². The topological polar surface area (TPSA) is 126 Å². The Morgan fingerprint density at radius 3 is 2.12 bits per heavy atom. The average Bonchev–Trinajstić information content (AvgIpc) is 3.12. The molecule has 0 bridgehead atoms. The summed E-state index contributed by atoms with van der Waals surface area (Å²) in [6.07, 6.45) is -0.889. The number of carbonyl (C=O) groups is 2. The van der Waals surface area contributed by atoms with Crippen molar-refractivity contribution in [2.75, 3.05) is 25.5 Å². The summed E-state index contributed by atoms with van der Waals surface area (Å²) in [5.74, 6) is -1.37. The van der Waals surface area contributed by atoms with Gasteiger partial charge >= 0.3 is 0 Å². The molecule has 49 heavy (non-hydrogen) atoms.